The maximum atomic E-state index is 12.7. The van der Waals surface area contributed by atoms with Crippen LogP contribution in [0, 0.1) is 0 Å². The third kappa shape index (κ3) is 6.39. The highest BCUT2D eigenvalue weighted by Gasteiger charge is 2.23. The van der Waals surface area contributed by atoms with Gasteiger partial charge >= 0.3 is 0 Å². The number of β-amino-alcohol motifs (C(OH)–C–C–N with tert-alkyl or cyclic N) is 1. The van der Waals surface area contributed by atoms with Crippen molar-refractivity contribution in [1.82, 2.24) is 9.80 Å². The summed E-state index contributed by atoms with van der Waals surface area (Å²) in [5.74, 6) is 0.553. The monoisotopic (exact) mass is 396 g/mol. The number of piperazine rings is 1. The van der Waals surface area contributed by atoms with Gasteiger partial charge in [-0.1, -0.05) is 56.3 Å². The van der Waals surface area contributed by atoms with Crippen LogP contribution in [0.15, 0.2) is 54.6 Å². The van der Waals surface area contributed by atoms with Crippen LogP contribution in [0.4, 0.5) is 0 Å². The Kier molecular flexibility index (Phi) is 7.81. The van der Waals surface area contributed by atoms with E-state index in [-0.39, 0.29) is 5.91 Å². The molecule has 5 heteroatoms. The van der Waals surface area contributed by atoms with E-state index in [2.05, 4.69) is 18.7 Å². The van der Waals surface area contributed by atoms with Crippen molar-refractivity contribution < 1.29 is 14.6 Å². The van der Waals surface area contributed by atoms with E-state index >= 15 is 0 Å². The zero-order valence-electron chi connectivity index (χ0n) is 17.5. The first-order chi connectivity index (χ1) is 14.0. The number of hydrogen-bond acceptors (Lipinski definition) is 4. The number of aliphatic hydroxyl groups excluding tert-OH is 1. The molecule has 156 valence electrons. The van der Waals surface area contributed by atoms with Crippen LogP contribution in [0.3, 0.4) is 0 Å². The molecule has 0 unspecified atom stereocenters. The molecule has 1 aliphatic heterocycles. The molecule has 0 aliphatic carbocycles. The average Bonchev–Trinajstić information content (AvgIpc) is 2.74. The fourth-order valence-electron chi connectivity index (χ4n) is 3.56. The second-order valence-electron chi connectivity index (χ2n) is 8.02. The lowest BCUT2D eigenvalue weighted by atomic mass is 10.0. The van der Waals surface area contributed by atoms with Crippen molar-refractivity contribution in [2.75, 3.05) is 39.3 Å². The summed E-state index contributed by atoms with van der Waals surface area (Å²) in [6.07, 6.45) is -0.524. The van der Waals surface area contributed by atoms with Gasteiger partial charge < -0.3 is 14.7 Å². The molecule has 0 saturated carbocycles. The number of benzene rings is 2. The number of carbonyl (C=O) groups excluding carboxylic acids is 1. The van der Waals surface area contributed by atoms with E-state index in [1.807, 2.05) is 59.5 Å². The van der Waals surface area contributed by atoms with Crippen LogP contribution in [0.2, 0.25) is 0 Å². The highest BCUT2D eigenvalue weighted by Crippen LogP contribution is 2.16. The summed E-state index contributed by atoms with van der Waals surface area (Å²) >= 11 is 0. The Labute approximate surface area is 173 Å². The van der Waals surface area contributed by atoms with Crippen LogP contribution in [0.25, 0.3) is 0 Å². The minimum atomic E-state index is -0.524. The number of hydrogen-bond donors (Lipinski definition) is 1. The van der Waals surface area contributed by atoms with E-state index in [1.165, 1.54) is 5.56 Å². The van der Waals surface area contributed by atoms with Gasteiger partial charge in [0, 0.05) is 38.3 Å². The molecule has 1 amide bonds. The Morgan fingerprint density at radius 1 is 1.00 bits per heavy atom. The number of carbonyl (C=O) groups is 1. The van der Waals surface area contributed by atoms with Crippen LogP contribution in [-0.4, -0.2) is 66.2 Å². The van der Waals surface area contributed by atoms with Gasteiger partial charge in [0.15, 0.2) is 0 Å². The molecule has 2 aromatic rings. The lowest BCUT2D eigenvalue weighted by Gasteiger charge is -2.35. The summed E-state index contributed by atoms with van der Waals surface area (Å²) < 4.78 is 5.63. The standard InChI is InChI=1S/C24H32N2O3/c1-19(2)21-8-10-22(11-9-21)24(28)26-14-12-25(13-15-26)16-23(27)18-29-17-20-6-4-3-5-7-20/h3-11,19,23,27H,12-18H2,1-2H3/t23-/m1/s1. The van der Waals surface area contributed by atoms with Gasteiger partial charge in [-0.05, 0) is 29.2 Å². The highest BCUT2D eigenvalue weighted by molar-refractivity contribution is 5.94. The number of amides is 1. The second-order valence-corrected chi connectivity index (χ2v) is 8.02. The first kappa shape index (κ1) is 21.5. The molecule has 0 radical (unpaired) electrons. The van der Waals surface area contributed by atoms with Gasteiger partial charge in [0.25, 0.3) is 5.91 Å². The quantitative estimate of drug-likeness (QED) is 0.745. The average molecular weight is 397 g/mol. The minimum absolute atomic E-state index is 0.0895. The van der Waals surface area contributed by atoms with Gasteiger partial charge in [-0.2, -0.15) is 0 Å². The van der Waals surface area contributed by atoms with Crippen molar-refractivity contribution in [3.63, 3.8) is 0 Å². The molecule has 3 rings (SSSR count). The largest absolute Gasteiger partial charge is 0.389 e. The Balaban J connectivity index is 1.38. The van der Waals surface area contributed by atoms with Gasteiger partial charge in [-0.3, -0.25) is 9.69 Å². The molecule has 1 N–H and O–H groups in total. The smallest absolute Gasteiger partial charge is 0.253 e. The van der Waals surface area contributed by atoms with Crippen LogP contribution < -0.4 is 0 Å². The number of nitrogens with zero attached hydrogens (tertiary/aromatic N) is 2. The van der Waals surface area contributed by atoms with Gasteiger partial charge in [-0.15, -0.1) is 0 Å². The molecule has 1 fully saturated rings. The van der Waals surface area contributed by atoms with E-state index < -0.39 is 6.10 Å². The van der Waals surface area contributed by atoms with Crippen molar-refractivity contribution in [2.24, 2.45) is 0 Å². The van der Waals surface area contributed by atoms with E-state index in [0.717, 1.165) is 24.2 Å². The Bertz CT molecular complexity index is 753. The molecule has 1 atom stereocenters. The summed E-state index contributed by atoms with van der Waals surface area (Å²) in [6, 6.07) is 17.9. The van der Waals surface area contributed by atoms with Gasteiger partial charge in [0.05, 0.1) is 19.3 Å². The molecule has 2 aromatic carbocycles. The maximum Gasteiger partial charge on any atom is 0.253 e. The van der Waals surface area contributed by atoms with Crippen LogP contribution in [0.5, 0.6) is 0 Å². The van der Waals surface area contributed by atoms with Gasteiger partial charge in [0.2, 0.25) is 0 Å². The summed E-state index contributed by atoms with van der Waals surface area (Å²) in [4.78, 5) is 16.8. The van der Waals surface area contributed by atoms with Crippen molar-refractivity contribution in [3.05, 3.63) is 71.3 Å². The fraction of sp³-hybridized carbons (Fsp3) is 0.458. The predicted molar refractivity (Wildman–Crippen MR) is 115 cm³/mol. The van der Waals surface area contributed by atoms with Crippen molar-refractivity contribution >= 4 is 5.91 Å². The van der Waals surface area contributed by atoms with E-state index in [9.17, 15) is 9.90 Å². The number of aliphatic hydroxyl groups is 1. The zero-order valence-corrected chi connectivity index (χ0v) is 17.5. The minimum Gasteiger partial charge on any atom is -0.389 e. The van der Waals surface area contributed by atoms with E-state index in [4.69, 9.17) is 4.74 Å². The van der Waals surface area contributed by atoms with Crippen LogP contribution in [-0.2, 0) is 11.3 Å². The zero-order chi connectivity index (χ0) is 20.6. The molecule has 1 aliphatic rings. The molecule has 1 heterocycles. The lowest BCUT2D eigenvalue weighted by Crippen LogP contribution is -2.50. The van der Waals surface area contributed by atoms with Crippen molar-refractivity contribution in [3.8, 4) is 0 Å². The number of rotatable bonds is 8. The topological polar surface area (TPSA) is 53.0 Å². The fourth-order valence-corrected chi connectivity index (χ4v) is 3.56. The van der Waals surface area contributed by atoms with Gasteiger partial charge in [-0.25, -0.2) is 0 Å². The molecule has 1 saturated heterocycles. The number of ether oxygens (including phenoxy) is 1. The maximum absolute atomic E-state index is 12.7. The Morgan fingerprint density at radius 3 is 2.28 bits per heavy atom. The van der Waals surface area contributed by atoms with Gasteiger partial charge in [0.1, 0.15) is 0 Å². The second kappa shape index (κ2) is 10.5. The molecule has 29 heavy (non-hydrogen) atoms. The first-order valence-corrected chi connectivity index (χ1v) is 10.4. The lowest BCUT2D eigenvalue weighted by molar-refractivity contribution is 0.00206. The molecule has 5 nitrogen and oxygen atoms in total. The molecular formula is C24H32N2O3. The molecule has 0 bridgehead atoms. The first-order valence-electron chi connectivity index (χ1n) is 10.4. The summed E-state index contributed by atoms with van der Waals surface area (Å²) in [6.45, 7) is 8.60. The van der Waals surface area contributed by atoms with E-state index in [1.54, 1.807) is 0 Å². The molecular weight excluding hydrogens is 364 g/mol. The summed E-state index contributed by atoms with van der Waals surface area (Å²) in [5, 5.41) is 10.3. The van der Waals surface area contributed by atoms with Crippen LogP contribution in [0.1, 0.15) is 41.3 Å². The summed E-state index contributed by atoms with van der Waals surface area (Å²) in [7, 11) is 0. The van der Waals surface area contributed by atoms with E-state index in [0.29, 0.717) is 38.8 Å². The predicted octanol–water partition coefficient (Wildman–Crippen LogP) is 3.15. The summed E-state index contributed by atoms with van der Waals surface area (Å²) in [5.41, 5.74) is 3.10. The Morgan fingerprint density at radius 2 is 1.66 bits per heavy atom. The third-order valence-electron chi connectivity index (χ3n) is 5.37. The molecule has 0 spiro atoms. The van der Waals surface area contributed by atoms with Crippen molar-refractivity contribution in [1.29, 1.82) is 0 Å². The molecule has 0 aromatic heterocycles. The van der Waals surface area contributed by atoms with Crippen LogP contribution >= 0.6 is 0 Å². The van der Waals surface area contributed by atoms with Crippen molar-refractivity contribution in [2.45, 2.75) is 32.5 Å². The Hall–Kier alpha value is -2.21. The highest BCUT2D eigenvalue weighted by atomic mass is 16.5. The normalized spacial score (nSPS) is 16.2. The SMILES string of the molecule is CC(C)c1ccc(C(=O)N2CCN(C[C@@H](O)COCc3ccccc3)CC2)cc1. The third-order valence-corrected chi connectivity index (χ3v) is 5.37.